The molecule has 4 unspecified atom stereocenters. The number of nitrogens with one attached hydrogen (secondary N) is 2. The lowest BCUT2D eigenvalue weighted by molar-refractivity contribution is 0.0931. The summed E-state index contributed by atoms with van der Waals surface area (Å²) in [6, 6.07) is 1.42. The number of piperidine rings is 1. The topological polar surface area (TPSA) is 53.3 Å². The van der Waals surface area contributed by atoms with Crippen LogP contribution < -0.4 is 16.4 Å². The fraction of sp³-hybridized carbons (Fsp3) is 1.00. The van der Waals surface area contributed by atoms with E-state index >= 15 is 0 Å². The Kier molecular flexibility index (Phi) is 4.42. The average molecular weight is 266 g/mol. The molecular weight excluding hydrogens is 236 g/mol. The highest BCUT2D eigenvalue weighted by molar-refractivity contribution is 5.01. The van der Waals surface area contributed by atoms with Crippen molar-refractivity contribution in [2.75, 3.05) is 19.6 Å². The molecule has 3 aliphatic rings. The zero-order chi connectivity index (χ0) is 13.2. The number of nitrogens with zero attached hydrogens (tertiary/aromatic N) is 1. The number of nitrogens with two attached hydrogens (primary N) is 1. The van der Waals surface area contributed by atoms with E-state index in [0.29, 0.717) is 24.3 Å². The average Bonchev–Trinajstić information content (AvgIpc) is 3.16. The van der Waals surface area contributed by atoms with Gasteiger partial charge in [-0.1, -0.05) is 19.8 Å². The van der Waals surface area contributed by atoms with E-state index < -0.39 is 0 Å². The van der Waals surface area contributed by atoms with Crippen LogP contribution in [0.3, 0.4) is 0 Å². The van der Waals surface area contributed by atoms with Gasteiger partial charge in [0.15, 0.2) is 0 Å². The summed E-state index contributed by atoms with van der Waals surface area (Å²) in [5.74, 6) is 0.902. The van der Waals surface area contributed by atoms with Crippen molar-refractivity contribution < 1.29 is 0 Å². The molecule has 4 atom stereocenters. The second kappa shape index (κ2) is 6.08. The van der Waals surface area contributed by atoms with E-state index in [0.717, 1.165) is 19.0 Å². The Labute approximate surface area is 117 Å². The van der Waals surface area contributed by atoms with Crippen LogP contribution >= 0.6 is 0 Å². The molecule has 0 radical (unpaired) electrons. The molecule has 0 aromatic carbocycles. The lowest BCUT2D eigenvalue weighted by Crippen LogP contribution is -2.63. The van der Waals surface area contributed by atoms with E-state index in [1.54, 1.807) is 0 Å². The summed E-state index contributed by atoms with van der Waals surface area (Å²) in [4.78, 5) is 2.70. The van der Waals surface area contributed by atoms with Crippen LogP contribution in [-0.2, 0) is 0 Å². The largest absolute Gasteiger partial charge is 0.325 e. The van der Waals surface area contributed by atoms with Gasteiger partial charge in [0.25, 0.3) is 0 Å². The molecule has 0 aromatic rings. The Morgan fingerprint density at radius 1 is 1.16 bits per heavy atom. The first kappa shape index (κ1) is 13.8. The minimum Gasteiger partial charge on any atom is -0.325 e. The monoisotopic (exact) mass is 266 g/mol. The van der Waals surface area contributed by atoms with Crippen molar-refractivity contribution in [2.24, 2.45) is 11.7 Å². The summed E-state index contributed by atoms with van der Waals surface area (Å²) >= 11 is 0. The molecule has 110 valence electrons. The highest BCUT2D eigenvalue weighted by Gasteiger charge is 2.43. The molecule has 3 fully saturated rings. The van der Waals surface area contributed by atoms with Gasteiger partial charge in [0, 0.05) is 31.2 Å². The second-order valence-corrected chi connectivity index (χ2v) is 6.61. The van der Waals surface area contributed by atoms with Gasteiger partial charge in [0.05, 0.1) is 6.17 Å². The molecule has 0 bridgehead atoms. The summed E-state index contributed by atoms with van der Waals surface area (Å²) in [5, 5.41) is 7.34. The normalized spacial score (nSPS) is 40.7. The maximum Gasteiger partial charge on any atom is 0.0630 e. The maximum absolute atomic E-state index is 6.59. The number of hydrogen-bond donors (Lipinski definition) is 3. The van der Waals surface area contributed by atoms with Crippen LogP contribution in [0.1, 0.15) is 45.4 Å². The first-order valence-electron chi connectivity index (χ1n) is 8.29. The van der Waals surface area contributed by atoms with Crippen molar-refractivity contribution in [3.05, 3.63) is 0 Å². The lowest BCUT2D eigenvalue weighted by Gasteiger charge is -2.43. The van der Waals surface area contributed by atoms with Crippen LogP contribution in [0.2, 0.25) is 0 Å². The van der Waals surface area contributed by atoms with Crippen molar-refractivity contribution in [1.82, 2.24) is 15.5 Å². The molecule has 0 amide bonds. The minimum absolute atomic E-state index is 0.307. The molecule has 1 saturated carbocycles. The number of rotatable bonds is 5. The highest BCUT2D eigenvalue weighted by Crippen LogP contribution is 2.37. The SMILES string of the molecule is CCCCC1NCCC(N2CCNC2C2CC2)C1N. The fourth-order valence-electron chi connectivity index (χ4n) is 3.94. The zero-order valence-electron chi connectivity index (χ0n) is 12.3. The second-order valence-electron chi connectivity index (χ2n) is 6.61. The number of hydrogen-bond acceptors (Lipinski definition) is 4. The molecule has 4 N–H and O–H groups in total. The molecule has 3 rings (SSSR count). The molecule has 2 aliphatic heterocycles. The van der Waals surface area contributed by atoms with Crippen LogP contribution in [0.5, 0.6) is 0 Å². The van der Waals surface area contributed by atoms with Crippen molar-refractivity contribution in [2.45, 2.75) is 69.7 Å². The van der Waals surface area contributed by atoms with E-state index in [4.69, 9.17) is 5.73 Å². The summed E-state index contributed by atoms with van der Waals surface area (Å²) in [6.45, 7) is 5.75. The molecule has 0 aromatic heterocycles. The third-order valence-corrected chi connectivity index (χ3v) is 5.20. The molecule has 4 nitrogen and oxygen atoms in total. The molecule has 2 saturated heterocycles. The fourth-order valence-corrected chi connectivity index (χ4v) is 3.94. The molecule has 19 heavy (non-hydrogen) atoms. The smallest absolute Gasteiger partial charge is 0.0630 e. The quantitative estimate of drug-likeness (QED) is 0.691. The third kappa shape index (κ3) is 2.97. The van der Waals surface area contributed by atoms with E-state index in [9.17, 15) is 0 Å². The summed E-state index contributed by atoms with van der Waals surface area (Å²) in [5.41, 5.74) is 6.59. The minimum atomic E-state index is 0.307. The highest BCUT2D eigenvalue weighted by atomic mass is 15.4. The van der Waals surface area contributed by atoms with Gasteiger partial charge in [-0.15, -0.1) is 0 Å². The van der Waals surface area contributed by atoms with Crippen LogP contribution in [-0.4, -0.2) is 48.8 Å². The van der Waals surface area contributed by atoms with E-state index in [-0.39, 0.29) is 0 Å². The van der Waals surface area contributed by atoms with E-state index in [1.807, 2.05) is 0 Å². The molecule has 1 aliphatic carbocycles. The van der Waals surface area contributed by atoms with Gasteiger partial charge in [-0.2, -0.15) is 0 Å². The van der Waals surface area contributed by atoms with Crippen molar-refractivity contribution >= 4 is 0 Å². The Morgan fingerprint density at radius 2 is 2.00 bits per heavy atom. The Hall–Kier alpha value is -0.160. The van der Waals surface area contributed by atoms with Crippen molar-refractivity contribution in [3.8, 4) is 0 Å². The van der Waals surface area contributed by atoms with E-state index in [1.165, 1.54) is 45.1 Å². The first-order chi connectivity index (χ1) is 9.31. The molecule has 4 heteroatoms. The van der Waals surface area contributed by atoms with Gasteiger partial charge in [0.2, 0.25) is 0 Å². The van der Waals surface area contributed by atoms with Gasteiger partial charge < -0.3 is 16.4 Å². The first-order valence-corrected chi connectivity index (χ1v) is 8.29. The maximum atomic E-state index is 6.59. The standard InChI is InChI=1S/C15H30N4/c1-2-3-4-12-14(16)13(7-8-17-12)19-10-9-18-15(19)11-5-6-11/h11-15,17-18H,2-10,16H2,1H3. The predicted octanol–water partition coefficient (Wildman–Crippen LogP) is 0.876. The molecule has 0 spiro atoms. The van der Waals surface area contributed by atoms with Crippen LogP contribution in [0.15, 0.2) is 0 Å². The zero-order valence-corrected chi connectivity index (χ0v) is 12.3. The summed E-state index contributed by atoms with van der Waals surface area (Å²) in [7, 11) is 0. The van der Waals surface area contributed by atoms with Crippen LogP contribution in [0.4, 0.5) is 0 Å². The van der Waals surface area contributed by atoms with Gasteiger partial charge >= 0.3 is 0 Å². The van der Waals surface area contributed by atoms with Crippen molar-refractivity contribution in [3.63, 3.8) is 0 Å². The van der Waals surface area contributed by atoms with E-state index in [2.05, 4.69) is 22.5 Å². The summed E-state index contributed by atoms with van der Waals surface area (Å²) < 4.78 is 0. The van der Waals surface area contributed by atoms with Crippen LogP contribution in [0.25, 0.3) is 0 Å². The Bertz CT molecular complexity index is 292. The summed E-state index contributed by atoms with van der Waals surface area (Å²) in [6.07, 6.45) is 8.47. The van der Waals surface area contributed by atoms with Crippen LogP contribution in [0, 0.1) is 5.92 Å². The van der Waals surface area contributed by atoms with Gasteiger partial charge in [-0.25, -0.2) is 0 Å². The lowest BCUT2D eigenvalue weighted by atomic mass is 9.89. The van der Waals surface area contributed by atoms with Crippen molar-refractivity contribution in [1.29, 1.82) is 0 Å². The number of unbranched alkanes of at least 4 members (excludes halogenated alkanes) is 1. The Morgan fingerprint density at radius 3 is 2.74 bits per heavy atom. The molecule has 2 heterocycles. The van der Waals surface area contributed by atoms with Gasteiger partial charge in [-0.05, 0) is 38.1 Å². The molecular formula is C15H30N4. The third-order valence-electron chi connectivity index (χ3n) is 5.20. The van der Waals surface area contributed by atoms with Gasteiger partial charge in [-0.3, -0.25) is 4.90 Å². The van der Waals surface area contributed by atoms with Gasteiger partial charge in [0.1, 0.15) is 0 Å². The Balaban J connectivity index is 1.62. The predicted molar refractivity (Wildman–Crippen MR) is 78.9 cm³/mol.